The molecule has 0 bridgehead atoms. The Morgan fingerprint density at radius 1 is 1.22 bits per heavy atom. The van der Waals surface area contributed by atoms with Crippen LogP contribution in [0.3, 0.4) is 0 Å². The Hall–Kier alpha value is -0.910. The summed E-state index contributed by atoms with van der Waals surface area (Å²) in [5.41, 5.74) is 1.07. The smallest absolute Gasteiger partial charge is 0.240 e. The minimum Gasteiger partial charge on any atom is -0.395 e. The zero-order chi connectivity index (χ0) is 14.0. The van der Waals surface area contributed by atoms with E-state index in [0.29, 0.717) is 0 Å². The van der Waals surface area contributed by atoms with Crippen molar-refractivity contribution in [3.63, 3.8) is 0 Å². The Labute approximate surface area is 109 Å². The molecular formula is C13H21NO3S. The molecule has 102 valence electrons. The molecule has 1 atom stereocenters. The molecule has 0 aliphatic heterocycles. The molecule has 5 heteroatoms. The van der Waals surface area contributed by atoms with E-state index in [9.17, 15) is 8.42 Å². The summed E-state index contributed by atoms with van der Waals surface area (Å²) in [5, 5.41) is 8.87. The second-order valence-electron chi connectivity index (χ2n) is 5.48. The average Bonchev–Trinajstić information content (AvgIpc) is 2.27. The van der Waals surface area contributed by atoms with Crippen LogP contribution < -0.4 is 4.72 Å². The van der Waals surface area contributed by atoms with E-state index in [-0.39, 0.29) is 16.9 Å². The van der Waals surface area contributed by atoms with E-state index in [1.165, 1.54) is 0 Å². The van der Waals surface area contributed by atoms with E-state index >= 15 is 0 Å². The number of rotatable bonds is 4. The number of aliphatic hydroxyl groups is 1. The molecule has 0 unspecified atom stereocenters. The van der Waals surface area contributed by atoms with Gasteiger partial charge in [-0.15, -0.1) is 0 Å². The number of benzene rings is 1. The van der Waals surface area contributed by atoms with Crippen molar-refractivity contribution in [2.75, 3.05) is 6.61 Å². The van der Waals surface area contributed by atoms with Gasteiger partial charge in [0.2, 0.25) is 10.0 Å². The lowest BCUT2D eigenvalue weighted by molar-refractivity contribution is 0.265. The highest BCUT2D eigenvalue weighted by Gasteiger charge is 2.18. The standard InChI is InChI=1S/C13H21NO3S/c1-10(9-15)14-18(16,17)12-7-5-11(6-8-12)13(2,3)4/h5-8,10,14-15H,9H2,1-4H3/t10-/m0/s1. The van der Waals surface area contributed by atoms with Crippen LogP contribution in [0.2, 0.25) is 0 Å². The number of hydrogen-bond donors (Lipinski definition) is 2. The molecule has 0 amide bonds. The van der Waals surface area contributed by atoms with Gasteiger partial charge in [0.15, 0.2) is 0 Å². The van der Waals surface area contributed by atoms with Crippen LogP contribution >= 0.6 is 0 Å². The Bertz CT molecular complexity index is 486. The van der Waals surface area contributed by atoms with Crippen LogP contribution in [0, 0.1) is 0 Å². The van der Waals surface area contributed by atoms with Gasteiger partial charge in [-0.3, -0.25) is 0 Å². The third kappa shape index (κ3) is 3.80. The maximum Gasteiger partial charge on any atom is 0.240 e. The molecular weight excluding hydrogens is 250 g/mol. The number of sulfonamides is 1. The van der Waals surface area contributed by atoms with E-state index < -0.39 is 16.1 Å². The van der Waals surface area contributed by atoms with Crippen molar-refractivity contribution in [3.8, 4) is 0 Å². The molecule has 0 aliphatic rings. The lowest BCUT2D eigenvalue weighted by Gasteiger charge is -2.19. The molecule has 2 N–H and O–H groups in total. The zero-order valence-corrected chi connectivity index (χ0v) is 12.1. The van der Waals surface area contributed by atoms with E-state index in [1.54, 1.807) is 19.1 Å². The average molecular weight is 271 g/mol. The second kappa shape index (κ2) is 5.38. The molecule has 1 aromatic carbocycles. The van der Waals surface area contributed by atoms with Gasteiger partial charge in [-0.25, -0.2) is 13.1 Å². The predicted molar refractivity (Wildman–Crippen MR) is 72.0 cm³/mol. The lowest BCUT2D eigenvalue weighted by atomic mass is 9.87. The van der Waals surface area contributed by atoms with Gasteiger partial charge in [0, 0.05) is 6.04 Å². The van der Waals surface area contributed by atoms with Crippen LogP contribution in [-0.4, -0.2) is 26.2 Å². The van der Waals surface area contributed by atoms with Gasteiger partial charge in [0.1, 0.15) is 0 Å². The van der Waals surface area contributed by atoms with Crippen LogP contribution in [-0.2, 0) is 15.4 Å². The molecule has 0 fully saturated rings. The minimum absolute atomic E-state index is 0.00584. The molecule has 0 aromatic heterocycles. The molecule has 4 nitrogen and oxygen atoms in total. The van der Waals surface area contributed by atoms with Gasteiger partial charge in [-0.2, -0.15) is 0 Å². The zero-order valence-electron chi connectivity index (χ0n) is 11.3. The summed E-state index contributed by atoms with van der Waals surface area (Å²) in [6, 6.07) is 6.33. The van der Waals surface area contributed by atoms with Crippen molar-refractivity contribution in [1.29, 1.82) is 0 Å². The Morgan fingerprint density at radius 2 is 1.72 bits per heavy atom. The fourth-order valence-corrected chi connectivity index (χ4v) is 2.74. The number of nitrogens with one attached hydrogen (secondary N) is 1. The first-order chi connectivity index (χ1) is 8.16. The Balaban J connectivity index is 2.98. The quantitative estimate of drug-likeness (QED) is 0.875. The van der Waals surface area contributed by atoms with Gasteiger partial charge >= 0.3 is 0 Å². The largest absolute Gasteiger partial charge is 0.395 e. The molecule has 1 rings (SSSR count). The summed E-state index contributed by atoms with van der Waals surface area (Å²) in [5.74, 6) is 0. The fourth-order valence-electron chi connectivity index (χ4n) is 1.50. The van der Waals surface area contributed by atoms with Crippen molar-refractivity contribution in [1.82, 2.24) is 4.72 Å². The maximum absolute atomic E-state index is 11.9. The summed E-state index contributed by atoms with van der Waals surface area (Å²) in [4.78, 5) is 0.218. The Morgan fingerprint density at radius 3 is 2.11 bits per heavy atom. The second-order valence-corrected chi connectivity index (χ2v) is 7.19. The fraction of sp³-hybridized carbons (Fsp3) is 0.538. The summed E-state index contributed by atoms with van der Waals surface area (Å²) in [7, 11) is -3.54. The molecule has 18 heavy (non-hydrogen) atoms. The van der Waals surface area contributed by atoms with Gasteiger partial charge in [-0.05, 0) is 30.0 Å². The van der Waals surface area contributed by atoms with Crippen LogP contribution in [0.25, 0.3) is 0 Å². The third-order valence-electron chi connectivity index (χ3n) is 2.66. The molecule has 0 radical (unpaired) electrons. The monoisotopic (exact) mass is 271 g/mol. The maximum atomic E-state index is 11.9. The summed E-state index contributed by atoms with van der Waals surface area (Å²) < 4.78 is 26.3. The van der Waals surface area contributed by atoms with E-state index in [4.69, 9.17) is 5.11 Å². The van der Waals surface area contributed by atoms with Crippen molar-refractivity contribution >= 4 is 10.0 Å². The Kier molecular flexibility index (Phi) is 4.53. The topological polar surface area (TPSA) is 66.4 Å². The van der Waals surface area contributed by atoms with Crippen LogP contribution in [0.15, 0.2) is 29.2 Å². The highest BCUT2D eigenvalue weighted by Crippen LogP contribution is 2.23. The summed E-state index contributed by atoms with van der Waals surface area (Å²) in [6.45, 7) is 7.61. The van der Waals surface area contributed by atoms with E-state index in [0.717, 1.165) is 5.56 Å². The van der Waals surface area contributed by atoms with E-state index in [2.05, 4.69) is 25.5 Å². The summed E-state index contributed by atoms with van der Waals surface area (Å²) in [6.07, 6.45) is 0. The molecule has 0 saturated carbocycles. The molecule has 0 spiro atoms. The normalized spacial score (nSPS) is 14.5. The van der Waals surface area contributed by atoms with Gasteiger partial charge in [0.05, 0.1) is 11.5 Å². The first-order valence-corrected chi connectivity index (χ1v) is 7.39. The first-order valence-electron chi connectivity index (χ1n) is 5.90. The highest BCUT2D eigenvalue weighted by atomic mass is 32.2. The number of aliphatic hydroxyl groups excluding tert-OH is 1. The van der Waals surface area contributed by atoms with Crippen molar-refractivity contribution in [2.45, 2.75) is 44.0 Å². The molecule has 0 saturated heterocycles. The first kappa shape index (κ1) is 15.1. The lowest BCUT2D eigenvalue weighted by Crippen LogP contribution is -2.35. The minimum atomic E-state index is -3.54. The van der Waals surface area contributed by atoms with Gasteiger partial charge < -0.3 is 5.11 Å². The number of hydrogen-bond acceptors (Lipinski definition) is 3. The van der Waals surface area contributed by atoms with Gasteiger partial charge in [-0.1, -0.05) is 32.9 Å². The van der Waals surface area contributed by atoms with Crippen LogP contribution in [0.1, 0.15) is 33.3 Å². The SMILES string of the molecule is C[C@@H](CO)NS(=O)(=O)c1ccc(C(C)(C)C)cc1. The van der Waals surface area contributed by atoms with Crippen LogP contribution in [0.4, 0.5) is 0 Å². The van der Waals surface area contributed by atoms with Crippen molar-refractivity contribution in [2.24, 2.45) is 0 Å². The van der Waals surface area contributed by atoms with Gasteiger partial charge in [0.25, 0.3) is 0 Å². The molecule has 0 heterocycles. The third-order valence-corrected chi connectivity index (χ3v) is 4.27. The predicted octanol–water partition coefficient (Wildman–Crippen LogP) is 1.64. The summed E-state index contributed by atoms with van der Waals surface area (Å²) >= 11 is 0. The highest BCUT2D eigenvalue weighted by molar-refractivity contribution is 7.89. The van der Waals surface area contributed by atoms with Crippen molar-refractivity contribution < 1.29 is 13.5 Å². The molecule has 0 aliphatic carbocycles. The molecule has 1 aromatic rings. The van der Waals surface area contributed by atoms with Crippen molar-refractivity contribution in [3.05, 3.63) is 29.8 Å². The van der Waals surface area contributed by atoms with E-state index in [1.807, 2.05) is 12.1 Å². The van der Waals surface area contributed by atoms with Crippen LogP contribution in [0.5, 0.6) is 0 Å².